The van der Waals surface area contributed by atoms with Crippen molar-refractivity contribution in [1.82, 2.24) is 0 Å². The van der Waals surface area contributed by atoms with E-state index in [0.717, 1.165) is 34.1 Å². The van der Waals surface area contributed by atoms with Crippen molar-refractivity contribution in [3.8, 4) is 28.8 Å². The van der Waals surface area contributed by atoms with Gasteiger partial charge in [0.05, 0.1) is 22.4 Å². The minimum Gasteiger partial charge on any atom is -0.455 e. The average molecular weight is 430 g/mol. The molecule has 3 nitrogen and oxygen atoms in total. The van der Waals surface area contributed by atoms with Crippen molar-refractivity contribution in [1.29, 1.82) is 5.26 Å². The number of pyridine rings is 1. The van der Waals surface area contributed by atoms with Crippen molar-refractivity contribution in [2.24, 2.45) is 12.5 Å². The fraction of sp³-hybridized carbons (Fsp3) is 0.200. The smallest absolute Gasteiger partial charge is 0.228 e. The maximum atomic E-state index is 9.47. The minimum absolute atomic E-state index is 0.395. The van der Waals surface area contributed by atoms with Gasteiger partial charge in [0.25, 0.3) is 0 Å². The Hall–Kier alpha value is -3.90. The third kappa shape index (κ3) is 2.91. The molecule has 0 spiro atoms. The van der Waals surface area contributed by atoms with Crippen LogP contribution in [0.1, 0.15) is 25.0 Å². The molecule has 6 rings (SSSR count). The summed E-state index contributed by atoms with van der Waals surface area (Å²) in [5, 5.41) is 16.5. The zero-order valence-corrected chi connectivity index (χ0v) is 19.4. The van der Waals surface area contributed by atoms with Gasteiger partial charge < -0.3 is 4.74 Å². The summed E-state index contributed by atoms with van der Waals surface area (Å²) in [6.07, 6.45) is 2.86. The van der Waals surface area contributed by atoms with Gasteiger partial charge in [-0.3, -0.25) is 0 Å². The van der Waals surface area contributed by atoms with E-state index in [2.05, 4.69) is 91.5 Å². The topological polar surface area (TPSA) is 36.9 Å². The van der Waals surface area contributed by atoms with E-state index in [1.165, 1.54) is 38.5 Å². The van der Waals surface area contributed by atoms with E-state index >= 15 is 0 Å². The average Bonchev–Trinajstić information content (AvgIpc) is 2.80. The number of rotatable bonds is 2. The Balaban J connectivity index is 1.67. The highest BCUT2D eigenvalue weighted by atomic mass is 16.5. The largest absolute Gasteiger partial charge is 0.455 e. The van der Waals surface area contributed by atoms with Gasteiger partial charge >= 0.3 is 0 Å². The summed E-state index contributed by atoms with van der Waals surface area (Å²) in [4.78, 5) is 0. The molecule has 5 aromatic rings. The van der Waals surface area contributed by atoms with Crippen LogP contribution >= 0.6 is 0 Å². The minimum atomic E-state index is -0.395. The van der Waals surface area contributed by atoms with Gasteiger partial charge in [-0.1, -0.05) is 42.5 Å². The van der Waals surface area contributed by atoms with Gasteiger partial charge in [0, 0.05) is 11.5 Å². The van der Waals surface area contributed by atoms with Crippen LogP contribution in [-0.4, -0.2) is 0 Å². The van der Waals surface area contributed by atoms with Crippen molar-refractivity contribution in [3.63, 3.8) is 0 Å². The van der Waals surface area contributed by atoms with Gasteiger partial charge in [0.15, 0.2) is 6.20 Å². The van der Waals surface area contributed by atoms with Gasteiger partial charge in [-0.05, 0) is 72.0 Å². The molecule has 0 atom stereocenters. The molecule has 0 N–H and O–H groups in total. The number of nitriles is 1. The molecular formula is C30H25N2O+. The second-order valence-electron chi connectivity index (χ2n) is 9.87. The molecular weight excluding hydrogens is 404 g/mol. The summed E-state index contributed by atoms with van der Waals surface area (Å²) in [6, 6.07) is 24.0. The predicted octanol–water partition coefficient (Wildman–Crippen LogP) is 7.14. The summed E-state index contributed by atoms with van der Waals surface area (Å²) in [6.45, 7) is 6.17. The van der Waals surface area contributed by atoms with Crippen LogP contribution in [0.3, 0.4) is 0 Å². The standard InChI is InChI=1S/C30H25N2O/c1-18-23-8-6-5-7-20(23)15-25-26(18)28-27-21(11-12-32(28)4)14-22-13-19(16-30(2,3)17-31)9-10-24(22)29(27)33-25/h5-15H,16H2,1-4H3/q+1. The lowest BCUT2D eigenvalue weighted by atomic mass is 9.86. The fourth-order valence-corrected chi connectivity index (χ4v) is 5.31. The number of ether oxygens (including phenoxy) is 1. The Morgan fingerprint density at radius 3 is 2.58 bits per heavy atom. The van der Waals surface area contributed by atoms with Crippen LogP contribution < -0.4 is 9.30 Å². The molecule has 2 heterocycles. The first kappa shape index (κ1) is 19.8. The zero-order valence-electron chi connectivity index (χ0n) is 19.4. The second-order valence-corrected chi connectivity index (χ2v) is 9.87. The van der Waals surface area contributed by atoms with Gasteiger partial charge in [-0.15, -0.1) is 0 Å². The highest BCUT2D eigenvalue weighted by Gasteiger charge is 2.31. The summed E-state index contributed by atoms with van der Waals surface area (Å²) < 4.78 is 8.92. The maximum absolute atomic E-state index is 9.47. The van der Waals surface area contributed by atoms with Crippen LogP contribution in [0.5, 0.6) is 11.5 Å². The molecule has 0 saturated heterocycles. The Labute approximate surface area is 193 Å². The Kier molecular flexibility index (Phi) is 4.07. The van der Waals surface area contributed by atoms with Gasteiger partial charge in [-0.25, -0.2) is 4.57 Å². The number of fused-ring (bicyclic) bond motifs is 5. The molecule has 0 radical (unpaired) electrons. The van der Waals surface area contributed by atoms with Gasteiger partial charge in [-0.2, -0.15) is 5.26 Å². The molecule has 0 saturated carbocycles. The third-order valence-corrected chi connectivity index (χ3v) is 6.92. The van der Waals surface area contributed by atoms with Crippen molar-refractivity contribution >= 4 is 32.3 Å². The molecule has 1 aliphatic heterocycles. The van der Waals surface area contributed by atoms with E-state index in [0.29, 0.717) is 0 Å². The number of nitrogens with zero attached hydrogens (tertiary/aromatic N) is 2. The van der Waals surface area contributed by atoms with E-state index in [1.54, 1.807) is 0 Å². The lowest BCUT2D eigenvalue weighted by molar-refractivity contribution is -0.659. The van der Waals surface area contributed by atoms with E-state index in [1.807, 2.05) is 13.8 Å². The first-order valence-electron chi connectivity index (χ1n) is 11.4. The molecule has 33 heavy (non-hydrogen) atoms. The van der Waals surface area contributed by atoms with E-state index in [4.69, 9.17) is 4.74 Å². The number of aryl methyl sites for hydroxylation is 2. The van der Waals surface area contributed by atoms with Crippen molar-refractivity contribution in [2.45, 2.75) is 27.2 Å². The van der Waals surface area contributed by atoms with E-state index < -0.39 is 5.41 Å². The fourth-order valence-electron chi connectivity index (χ4n) is 5.31. The van der Waals surface area contributed by atoms with Gasteiger partial charge in [0.2, 0.25) is 5.69 Å². The second kappa shape index (κ2) is 6.80. The Morgan fingerprint density at radius 1 is 0.939 bits per heavy atom. The normalized spacial score (nSPS) is 12.6. The highest BCUT2D eigenvalue weighted by Crippen LogP contribution is 2.50. The van der Waals surface area contributed by atoms with Crippen LogP contribution in [0, 0.1) is 23.7 Å². The monoisotopic (exact) mass is 429 g/mol. The quantitative estimate of drug-likeness (QED) is 0.217. The van der Waals surface area contributed by atoms with Crippen molar-refractivity contribution in [2.75, 3.05) is 0 Å². The molecule has 3 heteroatoms. The van der Waals surface area contributed by atoms with E-state index in [-0.39, 0.29) is 0 Å². The molecule has 0 aliphatic carbocycles. The summed E-state index contributed by atoms with van der Waals surface area (Å²) in [7, 11) is 2.11. The summed E-state index contributed by atoms with van der Waals surface area (Å²) in [5.41, 5.74) is 4.38. The molecule has 0 amide bonds. The zero-order chi connectivity index (χ0) is 22.9. The lowest BCUT2D eigenvalue weighted by Crippen LogP contribution is -2.31. The van der Waals surface area contributed by atoms with Crippen LogP contribution in [0.2, 0.25) is 0 Å². The molecule has 0 fully saturated rings. The Morgan fingerprint density at radius 2 is 1.76 bits per heavy atom. The van der Waals surface area contributed by atoms with Crippen LogP contribution in [-0.2, 0) is 13.5 Å². The van der Waals surface area contributed by atoms with Crippen LogP contribution in [0.25, 0.3) is 43.6 Å². The van der Waals surface area contributed by atoms with Crippen LogP contribution in [0.15, 0.2) is 66.9 Å². The number of hydrogen-bond acceptors (Lipinski definition) is 2. The first-order valence-corrected chi connectivity index (χ1v) is 11.4. The van der Waals surface area contributed by atoms with Gasteiger partial charge in [0.1, 0.15) is 18.5 Å². The molecule has 1 aliphatic rings. The van der Waals surface area contributed by atoms with E-state index in [9.17, 15) is 5.26 Å². The molecule has 1 aromatic heterocycles. The predicted molar refractivity (Wildman–Crippen MR) is 133 cm³/mol. The lowest BCUT2D eigenvalue weighted by Gasteiger charge is -2.23. The number of benzene rings is 4. The first-order chi connectivity index (χ1) is 15.9. The highest BCUT2D eigenvalue weighted by molar-refractivity contribution is 6.13. The third-order valence-electron chi connectivity index (χ3n) is 6.92. The van der Waals surface area contributed by atoms with Crippen molar-refractivity contribution < 1.29 is 9.30 Å². The SMILES string of the molecule is Cc1c2c(cc3ccccc13)Oc1c3ccc(CC(C)(C)C#N)cc3cc3cc[n+](C)c-2c13. The Bertz CT molecular complexity index is 1670. The maximum Gasteiger partial charge on any atom is 0.228 e. The van der Waals surface area contributed by atoms with Crippen LogP contribution in [0.4, 0.5) is 0 Å². The number of aromatic nitrogens is 1. The van der Waals surface area contributed by atoms with Crippen molar-refractivity contribution in [3.05, 3.63) is 78.0 Å². The molecule has 0 unspecified atom stereocenters. The summed E-state index contributed by atoms with van der Waals surface area (Å²) in [5.74, 6) is 1.82. The summed E-state index contributed by atoms with van der Waals surface area (Å²) >= 11 is 0. The molecule has 160 valence electrons. The molecule has 0 bridgehead atoms. The molecule has 4 aromatic carbocycles. The number of hydrogen-bond donors (Lipinski definition) is 0.